The van der Waals surface area contributed by atoms with Crippen LogP contribution in [0, 0.1) is 6.92 Å². The van der Waals surface area contributed by atoms with E-state index < -0.39 is 0 Å². The molecule has 0 saturated carbocycles. The van der Waals surface area contributed by atoms with Crippen LogP contribution >= 0.6 is 0 Å². The van der Waals surface area contributed by atoms with E-state index in [-0.39, 0.29) is 18.6 Å². The number of carbonyl (C=O) groups is 1. The van der Waals surface area contributed by atoms with Gasteiger partial charge in [0.25, 0.3) is 5.91 Å². The standard InChI is InChI=1S/C19H23N3O2/c1-13-6-2-3-9-16(13)22-17-10-4-8-15(17)18(20-22)19(24)21-11-5-7-14(21)12-23/h2-3,6,9,14,23H,4-5,7-8,10-12H2,1H3/t14-/m1/s1. The summed E-state index contributed by atoms with van der Waals surface area (Å²) in [6.45, 7) is 2.82. The lowest BCUT2D eigenvalue weighted by Crippen LogP contribution is -2.38. The van der Waals surface area contributed by atoms with Crippen molar-refractivity contribution in [3.63, 3.8) is 0 Å². The third kappa shape index (κ3) is 2.35. The minimum Gasteiger partial charge on any atom is -0.394 e. The number of aliphatic hydroxyl groups is 1. The Morgan fingerprint density at radius 2 is 2.12 bits per heavy atom. The van der Waals surface area contributed by atoms with E-state index in [4.69, 9.17) is 5.10 Å². The molecule has 2 heterocycles. The Labute approximate surface area is 141 Å². The number of benzene rings is 1. The molecular formula is C19H23N3O2. The molecule has 5 nitrogen and oxygen atoms in total. The number of hydrogen-bond donors (Lipinski definition) is 1. The first kappa shape index (κ1) is 15.4. The van der Waals surface area contributed by atoms with E-state index in [1.165, 1.54) is 5.69 Å². The second-order valence-electron chi connectivity index (χ2n) is 6.80. The Morgan fingerprint density at radius 1 is 1.29 bits per heavy atom. The summed E-state index contributed by atoms with van der Waals surface area (Å²) in [6.07, 6.45) is 4.79. The number of rotatable bonds is 3. The molecule has 1 N–H and O–H groups in total. The zero-order valence-electron chi connectivity index (χ0n) is 14.0. The van der Waals surface area contributed by atoms with Crippen LogP contribution in [0.5, 0.6) is 0 Å². The minimum atomic E-state index is -0.0573. The van der Waals surface area contributed by atoms with Gasteiger partial charge in [-0.1, -0.05) is 18.2 Å². The molecule has 1 aromatic carbocycles. The van der Waals surface area contributed by atoms with E-state index in [0.29, 0.717) is 5.69 Å². The molecule has 0 spiro atoms. The van der Waals surface area contributed by atoms with E-state index >= 15 is 0 Å². The Kier molecular flexibility index (Phi) is 3.88. The fraction of sp³-hybridized carbons (Fsp3) is 0.474. The summed E-state index contributed by atoms with van der Waals surface area (Å²) in [4.78, 5) is 14.9. The lowest BCUT2D eigenvalue weighted by molar-refractivity contribution is 0.0670. The lowest BCUT2D eigenvalue weighted by Gasteiger charge is -2.22. The first-order valence-electron chi connectivity index (χ1n) is 8.79. The van der Waals surface area contributed by atoms with Crippen molar-refractivity contribution < 1.29 is 9.90 Å². The molecule has 2 aliphatic rings. The van der Waals surface area contributed by atoms with Crippen molar-refractivity contribution in [1.29, 1.82) is 0 Å². The predicted octanol–water partition coefficient (Wildman–Crippen LogP) is 2.27. The lowest BCUT2D eigenvalue weighted by atomic mass is 10.1. The molecular weight excluding hydrogens is 302 g/mol. The van der Waals surface area contributed by atoms with Gasteiger partial charge in [-0.3, -0.25) is 4.79 Å². The highest BCUT2D eigenvalue weighted by atomic mass is 16.3. The highest BCUT2D eigenvalue weighted by molar-refractivity contribution is 5.94. The van der Waals surface area contributed by atoms with Gasteiger partial charge in [0.2, 0.25) is 0 Å². The zero-order chi connectivity index (χ0) is 16.7. The molecule has 4 rings (SSSR count). The summed E-state index contributed by atoms with van der Waals surface area (Å²) in [6, 6.07) is 8.10. The van der Waals surface area contributed by atoms with Gasteiger partial charge in [-0.15, -0.1) is 0 Å². The van der Waals surface area contributed by atoms with Crippen molar-refractivity contribution >= 4 is 5.91 Å². The predicted molar refractivity (Wildman–Crippen MR) is 91.5 cm³/mol. The molecule has 1 fully saturated rings. The summed E-state index contributed by atoms with van der Waals surface area (Å²) in [7, 11) is 0. The van der Waals surface area contributed by atoms with Gasteiger partial charge in [0, 0.05) is 17.8 Å². The first-order chi connectivity index (χ1) is 11.7. The summed E-state index contributed by atoms with van der Waals surface area (Å²) >= 11 is 0. The van der Waals surface area contributed by atoms with Crippen LogP contribution in [0.4, 0.5) is 0 Å². The van der Waals surface area contributed by atoms with Crippen LogP contribution in [0.1, 0.15) is 46.6 Å². The summed E-state index contributed by atoms with van der Waals surface area (Å²) in [5.74, 6) is -0.0166. The third-order valence-corrected chi connectivity index (χ3v) is 5.33. The number of para-hydroxylation sites is 1. The van der Waals surface area contributed by atoms with Crippen LogP contribution in [0.25, 0.3) is 5.69 Å². The molecule has 1 aromatic heterocycles. The molecule has 1 aliphatic heterocycles. The molecule has 5 heteroatoms. The quantitative estimate of drug-likeness (QED) is 0.942. The second-order valence-corrected chi connectivity index (χ2v) is 6.80. The molecule has 0 bridgehead atoms. The van der Waals surface area contributed by atoms with E-state index in [0.717, 1.165) is 55.5 Å². The maximum absolute atomic E-state index is 13.0. The molecule has 1 amide bonds. The van der Waals surface area contributed by atoms with Gasteiger partial charge in [0.05, 0.1) is 18.3 Å². The summed E-state index contributed by atoms with van der Waals surface area (Å²) in [5.41, 5.74) is 5.07. The monoisotopic (exact) mass is 325 g/mol. The average Bonchev–Trinajstić information content (AvgIpc) is 3.30. The highest BCUT2D eigenvalue weighted by Gasteiger charge is 2.34. The number of amides is 1. The van der Waals surface area contributed by atoms with E-state index in [2.05, 4.69) is 19.1 Å². The molecule has 1 aliphatic carbocycles. The van der Waals surface area contributed by atoms with Crippen LogP contribution in [0.3, 0.4) is 0 Å². The van der Waals surface area contributed by atoms with Crippen molar-refractivity contribution in [2.45, 2.75) is 45.1 Å². The highest BCUT2D eigenvalue weighted by Crippen LogP contribution is 2.30. The number of carbonyl (C=O) groups excluding carboxylic acids is 1. The largest absolute Gasteiger partial charge is 0.394 e. The summed E-state index contributed by atoms with van der Waals surface area (Å²) in [5, 5.41) is 14.2. The average molecular weight is 325 g/mol. The Balaban J connectivity index is 1.77. The zero-order valence-corrected chi connectivity index (χ0v) is 14.0. The number of aryl methyl sites for hydroxylation is 1. The molecule has 2 aromatic rings. The van der Waals surface area contributed by atoms with Gasteiger partial charge in [0.15, 0.2) is 5.69 Å². The fourth-order valence-electron chi connectivity index (χ4n) is 4.04. The number of fused-ring (bicyclic) bond motifs is 1. The Morgan fingerprint density at radius 3 is 2.92 bits per heavy atom. The van der Waals surface area contributed by atoms with Crippen molar-refractivity contribution in [3.05, 3.63) is 46.8 Å². The van der Waals surface area contributed by atoms with Gasteiger partial charge in [-0.25, -0.2) is 4.68 Å². The van der Waals surface area contributed by atoms with Crippen molar-refractivity contribution in [2.75, 3.05) is 13.2 Å². The van der Waals surface area contributed by atoms with Crippen molar-refractivity contribution in [2.24, 2.45) is 0 Å². The minimum absolute atomic E-state index is 0.0166. The van der Waals surface area contributed by atoms with Gasteiger partial charge >= 0.3 is 0 Å². The molecule has 1 saturated heterocycles. The second kappa shape index (κ2) is 6.06. The number of hydrogen-bond acceptors (Lipinski definition) is 3. The molecule has 1 atom stereocenters. The van der Waals surface area contributed by atoms with Gasteiger partial charge in [-0.05, 0) is 50.7 Å². The topological polar surface area (TPSA) is 58.4 Å². The number of aliphatic hydroxyl groups excluding tert-OH is 1. The molecule has 24 heavy (non-hydrogen) atoms. The third-order valence-electron chi connectivity index (χ3n) is 5.33. The van der Waals surface area contributed by atoms with Crippen molar-refractivity contribution in [1.82, 2.24) is 14.7 Å². The van der Waals surface area contributed by atoms with Crippen LogP contribution in [0.2, 0.25) is 0 Å². The molecule has 0 unspecified atom stereocenters. The van der Waals surface area contributed by atoms with Gasteiger partial charge in [-0.2, -0.15) is 5.10 Å². The first-order valence-corrected chi connectivity index (χ1v) is 8.79. The van der Waals surface area contributed by atoms with Crippen LogP contribution < -0.4 is 0 Å². The fourth-order valence-corrected chi connectivity index (χ4v) is 4.04. The smallest absolute Gasteiger partial charge is 0.274 e. The van der Waals surface area contributed by atoms with Crippen LogP contribution in [0.15, 0.2) is 24.3 Å². The van der Waals surface area contributed by atoms with Gasteiger partial charge < -0.3 is 10.0 Å². The Bertz CT molecular complexity index is 781. The van der Waals surface area contributed by atoms with E-state index in [1.807, 2.05) is 21.7 Å². The van der Waals surface area contributed by atoms with Crippen LogP contribution in [-0.4, -0.2) is 44.9 Å². The van der Waals surface area contributed by atoms with Crippen molar-refractivity contribution in [3.8, 4) is 5.69 Å². The van der Waals surface area contributed by atoms with Gasteiger partial charge in [0.1, 0.15) is 0 Å². The normalized spacial score (nSPS) is 19.8. The molecule has 0 radical (unpaired) electrons. The van der Waals surface area contributed by atoms with E-state index in [1.54, 1.807) is 0 Å². The Hall–Kier alpha value is -2.14. The molecule has 126 valence electrons. The summed E-state index contributed by atoms with van der Waals surface area (Å²) < 4.78 is 1.97. The maximum atomic E-state index is 13.0. The number of aromatic nitrogens is 2. The van der Waals surface area contributed by atoms with Crippen LogP contribution in [-0.2, 0) is 12.8 Å². The number of likely N-dealkylation sites (tertiary alicyclic amines) is 1. The van der Waals surface area contributed by atoms with E-state index in [9.17, 15) is 9.90 Å². The maximum Gasteiger partial charge on any atom is 0.274 e. The number of nitrogens with zero attached hydrogens (tertiary/aromatic N) is 3. The SMILES string of the molecule is Cc1ccccc1-n1nc(C(=O)N2CCC[C@@H]2CO)c2c1CCC2.